The Morgan fingerprint density at radius 3 is 1.78 bits per heavy atom. The predicted molar refractivity (Wildman–Crippen MR) is 103 cm³/mol. The average Bonchev–Trinajstić information content (AvgIpc) is 2.64. The van der Waals surface area contributed by atoms with E-state index < -0.39 is 6.36 Å². The molecule has 0 aliphatic carbocycles. The fourth-order valence-electron chi connectivity index (χ4n) is 2.54. The van der Waals surface area contributed by atoms with Gasteiger partial charge in [0.2, 0.25) is 0 Å². The monoisotopic (exact) mass is 378 g/mol. The molecule has 0 spiro atoms. The molecule has 0 unspecified atom stereocenters. The lowest BCUT2D eigenvalue weighted by molar-refractivity contribution is -0.274. The Hall–Kier alpha value is -2.43. The number of alkyl halides is 3. The summed E-state index contributed by atoms with van der Waals surface area (Å²) in [4.78, 5) is 0. The van der Waals surface area contributed by atoms with Crippen LogP contribution in [0.15, 0.2) is 48.5 Å². The second kappa shape index (κ2) is 10.7. The van der Waals surface area contributed by atoms with Crippen molar-refractivity contribution in [3.05, 3.63) is 59.7 Å². The predicted octanol–water partition coefficient (Wildman–Crippen LogP) is 7.10. The fourth-order valence-corrected chi connectivity index (χ4v) is 2.54. The number of halogens is 3. The minimum atomic E-state index is -4.67. The van der Waals surface area contributed by atoms with Gasteiger partial charge in [0, 0.05) is 0 Å². The third-order valence-electron chi connectivity index (χ3n) is 3.98. The standard InChI is InChI=1S/C22H25F3O2/c1-2-3-4-5-6-17-26-20-13-9-18(10-14-20)7-8-19-11-15-21(16-12-19)27-22(23,24)25/h7-16H,2-6,17H2,1H3. The molecule has 0 fully saturated rings. The lowest BCUT2D eigenvalue weighted by atomic mass is 10.1. The maximum atomic E-state index is 12.1. The molecule has 2 rings (SSSR count). The summed E-state index contributed by atoms with van der Waals surface area (Å²) in [6.45, 7) is 2.93. The van der Waals surface area contributed by atoms with Gasteiger partial charge in [-0.05, 0) is 41.8 Å². The first-order valence-electron chi connectivity index (χ1n) is 9.23. The largest absolute Gasteiger partial charge is 0.573 e. The van der Waals surface area contributed by atoms with E-state index in [9.17, 15) is 13.2 Å². The Labute approximate surface area is 158 Å². The summed E-state index contributed by atoms with van der Waals surface area (Å²) in [6.07, 6.45) is 5.09. The highest BCUT2D eigenvalue weighted by molar-refractivity contribution is 5.70. The van der Waals surface area contributed by atoms with Gasteiger partial charge in [-0.2, -0.15) is 0 Å². The van der Waals surface area contributed by atoms with Crippen molar-refractivity contribution in [2.24, 2.45) is 0 Å². The highest BCUT2D eigenvalue weighted by atomic mass is 19.4. The van der Waals surface area contributed by atoms with E-state index in [1.165, 1.54) is 37.8 Å². The van der Waals surface area contributed by atoms with Gasteiger partial charge in [-0.3, -0.25) is 0 Å². The summed E-state index contributed by atoms with van der Waals surface area (Å²) in [5.74, 6) is 0.618. The molecule has 27 heavy (non-hydrogen) atoms. The number of ether oxygens (including phenoxy) is 2. The molecule has 0 saturated heterocycles. The minimum Gasteiger partial charge on any atom is -0.494 e. The zero-order chi connectivity index (χ0) is 19.5. The molecule has 0 aromatic heterocycles. The zero-order valence-corrected chi connectivity index (χ0v) is 15.5. The summed E-state index contributed by atoms with van der Waals surface area (Å²) < 4.78 is 46.0. The minimum absolute atomic E-state index is 0.226. The maximum Gasteiger partial charge on any atom is 0.573 e. The molecule has 0 aliphatic rings. The molecule has 146 valence electrons. The molecule has 0 N–H and O–H groups in total. The van der Waals surface area contributed by atoms with E-state index in [-0.39, 0.29) is 5.75 Å². The number of benzene rings is 2. The van der Waals surface area contributed by atoms with Gasteiger partial charge in [0.25, 0.3) is 0 Å². The van der Waals surface area contributed by atoms with Crippen molar-refractivity contribution in [1.29, 1.82) is 0 Å². The van der Waals surface area contributed by atoms with Crippen LogP contribution in [0.2, 0.25) is 0 Å². The maximum absolute atomic E-state index is 12.1. The first-order valence-corrected chi connectivity index (χ1v) is 9.23. The van der Waals surface area contributed by atoms with E-state index >= 15 is 0 Å². The van der Waals surface area contributed by atoms with Crippen LogP contribution < -0.4 is 9.47 Å². The highest BCUT2D eigenvalue weighted by Crippen LogP contribution is 2.23. The van der Waals surface area contributed by atoms with Gasteiger partial charge in [0.1, 0.15) is 11.5 Å². The molecular formula is C22H25F3O2. The van der Waals surface area contributed by atoms with Crippen molar-refractivity contribution in [1.82, 2.24) is 0 Å². The summed E-state index contributed by atoms with van der Waals surface area (Å²) in [5, 5.41) is 0. The van der Waals surface area contributed by atoms with Gasteiger partial charge in [-0.1, -0.05) is 69.0 Å². The summed E-state index contributed by atoms with van der Waals surface area (Å²) in [6, 6.07) is 13.5. The lowest BCUT2D eigenvalue weighted by Crippen LogP contribution is -2.16. The smallest absolute Gasteiger partial charge is 0.494 e. The second-order valence-corrected chi connectivity index (χ2v) is 6.28. The van der Waals surface area contributed by atoms with Gasteiger partial charge >= 0.3 is 6.36 Å². The van der Waals surface area contributed by atoms with E-state index in [0.29, 0.717) is 0 Å². The van der Waals surface area contributed by atoms with Gasteiger partial charge in [0.05, 0.1) is 6.61 Å². The van der Waals surface area contributed by atoms with Crippen molar-refractivity contribution in [2.75, 3.05) is 6.61 Å². The van der Waals surface area contributed by atoms with Crippen molar-refractivity contribution in [3.63, 3.8) is 0 Å². The van der Waals surface area contributed by atoms with Crippen LogP contribution in [0.4, 0.5) is 13.2 Å². The van der Waals surface area contributed by atoms with Gasteiger partial charge < -0.3 is 9.47 Å². The van der Waals surface area contributed by atoms with Crippen LogP contribution in [0.1, 0.15) is 50.2 Å². The Bertz CT molecular complexity index is 689. The molecule has 2 aromatic rings. The number of hydrogen-bond donors (Lipinski definition) is 0. The molecule has 2 nitrogen and oxygen atoms in total. The van der Waals surface area contributed by atoms with Crippen LogP contribution >= 0.6 is 0 Å². The van der Waals surface area contributed by atoms with Crippen molar-refractivity contribution in [2.45, 2.75) is 45.4 Å². The molecule has 0 atom stereocenters. The van der Waals surface area contributed by atoms with E-state index in [0.717, 1.165) is 29.9 Å². The van der Waals surface area contributed by atoms with Gasteiger partial charge in [-0.15, -0.1) is 13.2 Å². The van der Waals surface area contributed by atoms with Crippen LogP contribution in [0, 0.1) is 0 Å². The summed E-state index contributed by atoms with van der Waals surface area (Å²) in [5.41, 5.74) is 1.78. The van der Waals surface area contributed by atoms with E-state index in [2.05, 4.69) is 11.7 Å². The number of rotatable bonds is 10. The SMILES string of the molecule is CCCCCCCOc1ccc(C=Cc2ccc(OC(F)(F)F)cc2)cc1. The molecular weight excluding hydrogens is 353 g/mol. The first kappa shape index (κ1) is 20.9. The van der Waals surface area contributed by atoms with Crippen LogP contribution in [-0.4, -0.2) is 13.0 Å². The Balaban J connectivity index is 1.80. The van der Waals surface area contributed by atoms with E-state index in [1.807, 2.05) is 36.4 Å². The molecule has 0 radical (unpaired) electrons. The van der Waals surface area contributed by atoms with E-state index in [1.54, 1.807) is 12.1 Å². The Morgan fingerprint density at radius 1 is 0.741 bits per heavy atom. The number of hydrogen-bond acceptors (Lipinski definition) is 2. The lowest BCUT2D eigenvalue weighted by Gasteiger charge is -2.08. The van der Waals surface area contributed by atoms with Crippen LogP contribution in [-0.2, 0) is 0 Å². The Morgan fingerprint density at radius 2 is 1.26 bits per heavy atom. The molecule has 2 aromatic carbocycles. The number of unbranched alkanes of at least 4 members (excludes halogenated alkanes) is 4. The van der Waals surface area contributed by atoms with Crippen molar-refractivity contribution < 1.29 is 22.6 Å². The molecule has 0 aliphatic heterocycles. The summed E-state index contributed by atoms with van der Waals surface area (Å²) >= 11 is 0. The van der Waals surface area contributed by atoms with Crippen molar-refractivity contribution >= 4 is 12.2 Å². The first-order chi connectivity index (χ1) is 13.0. The highest BCUT2D eigenvalue weighted by Gasteiger charge is 2.30. The normalized spacial score (nSPS) is 11.7. The second-order valence-electron chi connectivity index (χ2n) is 6.28. The molecule has 0 heterocycles. The van der Waals surface area contributed by atoms with Crippen LogP contribution in [0.25, 0.3) is 12.2 Å². The van der Waals surface area contributed by atoms with Gasteiger partial charge in [-0.25, -0.2) is 0 Å². The third kappa shape index (κ3) is 8.67. The Kier molecular flexibility index (Phi) is 8.24. The average molecular weight is 378 g/mol. The topological polar surface area (TPSA) is 18.5 Å². The molecule has 5 heteroatoms. The third-order valence-corrected chi connectivity index (χ3v) is 3.98. The van der Waals surface area contributed by atoms with Crippen molar-refractivity contribution in [3.8, 4) is 11.5 Å². The van der Waals surface area contributed by atoms with Crippen LogP contribution in [0.5, 0.6) is 11.5 Å². The van der Waals surface area contributed by atoms with Gasteiger partial charge in [0.15, 0.2) is 0 Å². The molecule has 0 saturated carbocycles. The molecule has 0 amide bonds. The quantitative estimate of drug-likeness (QED) is 0.324. The van der Waals surface area contributed by atoms with Crippen LogP contribution in [0.3, 0.4) is 0 Å². The van der Waals surface area contributed by atoms with E-state index in [4.69, 9.17) is 4.74 Å². The zero-order valence-electron chi connectivity index (χ0n) is 15.5. The fraction of sp³-hybridized carbons (Fsp3) is 0.364. The summed E-state index contributed by atoms with van der Waals surface area (Å²) in [7, 11) is 0. The molecule has 0 bridgehead atoms.